The van der Waals surface area contributed by atoms with Gasteiger partial charge in [0.15, 0.2) is 11.5 Å². The standard InChI is InChI=1S/C24H25ClFNO2/c1-3-28-24-14-18(15-27-17(2)19-8-5-4-6-9-19)12-13-23(24)29-16-20-21(25)10-7-11-22(20)26/h4-14,17,27H,3,15-16H2,1-2H3/t17-/m1/s1. The molecule has 0 unspecified atom stereocenters. The Balaban J connectivity index is 1.68. The maximum absolute atomic E-state index is 14.0. The fourth-order valence-corrected chi connectivity index (χ4v) is 3.22. The normalized spacial score (nSPS) is 11.9. The third-order valence-electron chi connectivity index (χ3n) is 4.65. The van der Waals surface area contributed by atoms with Crippen molar-refractivity contribution in [2.24, 2.45) is 0 Å². The average molecular weight is 414 g/mol. The summed E-state index contributed by atoms with van der Waals surface area (Å²) in [5, 5.41) is 3.86. The highest BCUT2D eigenvalue weighted by atomic mass is 35.5. The summed E-state index contributed by atoms with van der Waals surface area (Å²) in [7, 11) is 0. The third kappa shape index (κ3) is 5.72. The molecular weight excluding hydrogens is 389 g/mol. The molecule has 0 amide bonds. The van der Waals surface area contributed by atoms with Gasteiger partial charge in [-0.1, -0.05) is 54.1 Å². The number of hydrogen-bond donors (Lipinski definition) is 1. The Morgan fingerprint density at radius 3 is 2.48 bits per heavy atom. The maximum atomic E-state index is 14.0. The molecule has 0 saturated carbocycles. The Kier molecular flexibility index (Phi) is 7.50. The van der Waals surface area contributed by atoms with E-state index in [2.05, 4.69) is 24.4 Å². The highest BCUT2D eigenvalue weighted by Crippen LogP contribution is 2.31. The molecule has 0 aliphatic heterocycles. The molecule has 1 N–H and O–H groups in total. The molecule has 3 nitrogen and oxygen atoms in total. The minimum absolute atomic E-state index is 0.0359. The van der Waals surface area contributed by atoms with E-state index in [1.807, 2.05) is 43.3 Å². The zero-order valence-electron chi connectivity index (χ0n) is 16.6. The van der Waals surface area contributed by atoms with Crippen LogP contribution in [0.3, 0.4) is 0 Å². The number of nitrogens with one attached hydrogen (secondary N) is 1. The molecule has 152 valence electrons. The minimum Gasteiger partial charge on any atom is -0.490 e. The summed E-state index contributed by atoms with van der Waals surface area (Å²) in [6, 6.07) is 20.9. The van der Waals surface area contributed by atoms with E-state index >= 15 is 0 Å². The van der Waals surface area contributed by atoms with Crippen LogP contribution in [0.4, 0.5) is 4.39 Å². The number of rotatable bonds is 9. The molecule has 0 fully saturated rings. The zero-order valence-corrected chi connectivity index (χ0v) is 17.4. The van der Waals surface area contributed by atoms with E-state index in [9.17, 15) is 4.39 Å². The van der Waals surface area contributed by atoms with Gasteiger partial charge in [0.05, 0.1) is 11.6 Å². The number of ether oxygens (including phenoxy) is 2. The molecule has 29 heavy (non-hydrogen) atoms. The average Bonchev–Trinajstić information content (AvgIpc) is 2.73. The zero-order chi connectivity index (χ0) is 20.6. The number of halogens is 2. The topological polar surface area (TPSA) is 30.5 Å². The van der Waals surface area contributed by atoms with Crippen LogP contribution in [0.15, 0.2) is 66.7 Å². The molecule has 0 aliphatic carbocycles. The fraction of sp³-hybridized carbons (Fsp3) is 0.250. The van der Waals surface area contributed by atoms with Crippen molar-refractivity contribution in [1.29, 1.82) is 0 Å². The molecule has 0 aromatic heterocycles. The molecule has 0 bridgehead atoms. The second-order valence-corrected chi connectivity index (χ2v) is 7.12. The van der Waals surface area contributed by atoms with Crippen LogP contribution in [-0.4, -0.2) is 6.61 Å². The first-order valence-corrected chi connectivity index (χ1v) is 10.1. The summed E-state index contributed by atoms with van der Waals surface area (Å²) in [4.78, 5) is 0. The van der Waals surface area contributed by atoms with Crippen molar-refractivity contribution in [2.45, 2.75) is 33.0 Å². The van der Waals surface area contributed by atoms with Gasteiger partial charge in [0.2, 0.25) is 0 Å². The van der Waals surface area contributed by atoms with Crippen molar-refractivity contribution in [1.82, 2.24) is 5.32 Å². The van der Waals surface area contributed by atoms with E-state index in [4.69, 9.17) is 21.1 Å². The van der Waals surface area contributed by atoms with Gasteiger partial charge in [-0.15, -0.1) is 0 Å². The van der Waals surface area contributed by atoms with Crippen molar-refractivity contribution in [2.75, 3.05) is 6.61 Å². The molecule has 0 saturated heterocycles. The lowest BCUT2D eigenvalue weighted by molar-refractivity contribution is 0.265. The predicted molar refractivity (Wildman–Crippen MR) is 115 cm³/mol. The fourth-order valence-electron chi connectivity index (χ4n) is 3.00. The van der Waals surface area contributed by atoms with Crippen LogP contribution in [-0.2, 0) is 13.2 Å². The van der Waals surface area contributed by atoms with E-state index in [0.29, 0.717) is 35.2 Å². The van der Waals surface area contributed by atoms with Crippen LogP contribution in [0.25, 0.3) is 0 Å². The summed E-state index contributed by atoms with van der Waals surface area (Å²) in [6.45, 7) is 5.28. The quantitative estimate of drug-likeness (QED) is 0.446. The largest absolute Gasteiger partial charge is 0.490 e. The molecule has 5 heteroatoms. The summed E-state index contributed by atoms with van der Waals surface area (Å²) in [6.07, 6.45) is 0. The molecule has 3 aromatic rings. The molecule has 0 heterocycles. The number of benzene rings is 3. The van der Waals surface area contributed by atoms with Gasteiger partial charge >= 0.3 is 0 Å². The van der Waals surface area contributed by atoms with Gasteiger partial charge in [-0.3, -0.25) is 0 Å². The second-order valence-electron chi connectivity index (χ2n) is 6.72. The summed E-state index contributed by atoms with van der Waals surface area (Å²) >= 11 is 6.08. The number of hydrogen-bond acceptors (Lipinski definition) is 3. The Labute approximate surface area is 176 Å². The summed E-state index contributed by atoms with van der Waals surface area (Å²) in [5.74, 6) is 0.809. The summed E-state index contributed by atoms with van der Waals surface area (Å²) < 4.78 is 25.5. The Hall–Kier alpha value is -2.56. The first-order chi connectivity index (χ1) is 14.1. The summed E-state index contributed by atoms with van der Waals surface area (Å²) in [5.41, 5.74) is 2.64. The first kappa shape index (κ1) is 21.2. The molecule has 0 aliphatic rings. The minimum atomic E-state index is -0.383. The lowest BCUT2D eigenvalue weighted by atomic mass is 10.1. The third-order valence-corrected chi connectivity index (χ3v) is 5.01. The molecule has 3 rings (SSSR count). The van der Waals surface area contributed by atoms with Crippen molar-refractivity contribution in [3.05, 3.63) is 94.3 Å². The lowest BCUT2D eigenvalue weighted by Crippen LogP contribution is -2.18. The maximum Gasteiger partial charge on any atom is 0.161 e. The van der Waals surface area contributed by atoms with Gasteiger partial charge in [0, 0.05) is 18.2 Å². The van der Waals surface area contributed by atoms with Gasteiger partial charge in [0.1, 0.15) is 12.4 Å². The van der Waals surface area contributed by atoms with E-state index in [1.165, 1.54) is 11.6 Å². The van der Waals surface area contributed by atoms with Crippen LogP contribution >= 0.6 is 11.6 Å². The Bertz CT molecular complexity index is 913. The molecule has 0 spiro atoms. The van der Waals surface area contributed by atoms with E-state index in [0.717, 1.165) is 5.56 Å². The van der Waals surface area contributed by atoms with Crippen LogP contribution in [0, 0.1) is 5.82 Å². The molecule has 3 aromatic carbocycles. The van der Waals surface area contributed by atoms with Crippen LogP contribution < -0.4 is 14.8 Å². The highest BCUT2D eigenvalue weighted by molar-refractivity contribution is 6.31. The molecule has 0 radical (unpaired) electrons. The Morgan fingerprint density at radius 2 is 1.76 bits per heavy atom. The van der Waals surface area contributed by atoms with Gasteiger partial charge in [0.25, 0.3) is 0 Å². The van der Waals surface area contributed by atoms with Crippen LogP contribution in [0.1, 0.15) is 36.6 Å². The van der Waals surface area contributed by atoms with Gasteiger partial charge < -0.3 is 14.8 Å². The van der Waals surface area contributed by atoms with E-state index in [-0.39, 0.29) is 18.5 Å². The van der Waals surface area contributed by atoms with E-state index < -0.39 is 0 Å². The van der Waals surface area contributed by atoms with Gasteiger partial charge in [-0.25, -0.2) is 4.39 Å². The van der Waals surface area contributed by atoms with Crippen LogP contribution in [0.5, 0.6) is 11.5 Å². The first-order valence-electron chi connectivity index (χ1n) is 9.68. The smallest absolute Gasteiger partial charge is 0.161 e. The second kappa shape index (κ2) is 10.3. The monoisotopic (exact) mass is 413 g/mol. The SMILES string of the molecule is CCOc1cc(CN[C@H](C)c2ccccc2)ccc1OCc1c(F)cccc1Cl. The van der Waals surface area contributed by atoms with Crippen molar-refractivity contribution < 1.29 is 13.9 Å². The van der Waals surface area contributed by atoms with Crippen LogP contribution in [0.2, 0.25) is 5.02 Å². The van der Waals surface area contributed by atoms with Crippen molar-refractivity contribution in [3.8, 4) is 11.5 Å². The molecule has 1 atom stereocenters. The van der Waals surface area contributed by atoms with Gasteiger partial charge in [-0.2, -0.15) is 0 Å². The highest BCUT2D eigenvalue weighted by Gasteiger charge is 2.12. The lowest BCUT2D eigenvalue weighted by Gasteiger charge is -2.17. The van der Waals surface area contributed by atoms with Crippen molar-refractivity contribution >= 4 is 11.6 Å². The van der Waals surface area contributed by atoms with Crippen molar-refractivity contribution in [3.63, 3.8) is 0 Å². The Morgan fingerprint density at radius 1 is 0.966 bits per heavy atom. The predicted octanol–water partition coefficient (Wildman–Crippen LogP) is 6.31. The molecular formula is C24H25ClFNO2. The van der Waals surface area contributed by atoms with Gasteiger partial charge in [-0.05, 0) is 49.2 Å². The van der Waals surface area contributed by atoms with E-state index in [1.54, 1.807) is 12.1 Å².